The maximum absolute atomic E-state index is 5.97. The van der Waals surface area contributed by atoms with Gasteiger partial charge in [0.1, 0.15) is 0 Å². The van der Waals surface area contributed by atoms with E-state index < -0.39 is 0 Å². The van der Waals surface area contributed by atoms with Crippen LogP contribution in [0.2, 0.25) is 5.02 Å². The van der Waals surface area contributed by atoms with Gasteiger partial charge in [0.15, 0.2) is 0 Å². The summed E-state index contributed by atoms with van der Waals surface area (Å²) in [4.78, 5) is 0. The largest absolute Gasteiger partial charge is 0.318 e. The van der Waals surface area contributed by atoms with Crippen molar-refractivity contribution in [3.8, 4) is 0 Å². The number of hydrogen-bond donors (Lipinski definition) is 2. The van der Waals surface area contributed by atoms with Crippen LogP contribution in [0.15, 0.2) is 18.2 Å². The molecule has 0 aliphatic carbocycles. The van der Waals surface area contributed by atoms with Crippen molar-refractivity contribution in [2.75, 3.05) is 13.6 Å². The minimum atomic E-state index is 0.533. The molecule has 3 heteroatoms. The molecule has 0 fully saturated rings. The molecule has 2 nitrogen and oxygen atoms in total. The summed E-state index contributed by atoms with van der Waals surface area (Å²) in [5.41, 5.74) is 2.76. The topological polar surface area (TPSA) is 24.1 Å². The Labute approximate surface area is 89.7 Å². The average molecular weight is 211 g/mol. The van der Waals surface area contributed by atoms with E-state index in [9.17, 15) is 0 Å². The van der Waals surface area contributed by atoms with Crippen LogP contribution in [0, 0.1) is 0 Å². The van der Waals surface area contributed by atoms with Gasteiger partial charge in [0, 0.05) is 24.2 Å². The van der Waals surface area contributed by atoms with Crippen LogP contribution in [0.3, 0.4) is 0 Å². The van der Waals surface area contributed by atoms with E-state index in [-0.39, 0.29) is 0 Å². The van der Waals surface area contributed by atoms with Crippen molar-refractivity contribution in [2.24, 2.45) is 0 Å². The van der Waals surface area contributed by atoms with Gasteiger partial charge >= 0.3 is 0 Å². The lowest BCUT2D eigenvalue weighted by molar-refractivity contribution is 0.462. The van der Waals surface area contributed by atoms with Gasteiger partial charge in [-0.1, -0.05) is 17.7 Å². The molecule has 2 N–H and O–H groups in total. The van der Waals surface area contributed by atoms with Crippen molar-refractivity contribution in [1.82, 2.24) is 10.6 Å². The maximum Gasteiger partial charge on any atom is 0.0408 e. The molecular formula is C11H15ClN2. The molecule has 0 saturated heterocycles. The van der Waals surface area contributed by atoms with Gasteiger partial charge in [0.25, 0.3) is 0 Å². The molecule has 1 aromatic carbocycles. The number of nitrogens with one attached hydrogen (secondary N) is 2. The fourth-order valence-electron chi connectivity index (χ4n) is 1.94. The molecular weight excluding hydrogens is 196 g/mol. The molecule has 0 bridgehead atoms. The Hall–Kier alpha value is -0.570. The Morgan fingerprint density at radius 1 is 1.50 bits per heavy atom. The lowest BCUT2D eigenvalue weighted by atomic mass is 9.96. The van der Waals surface area contributed by atoms with Gasteiger partial charge < -0.3 is 10.6 Å². The van der Waals surface area contributed by atoms with Crippen molar-refractivity contribution in [3.05, 3.63) is 34.3 Å². The van der Waals surface area contributed by atoms with E-state index in [2.05, 4.69) is 22.8 Å². The fourth-order valence-corrected chi connectivity index (χ4v) is 2.13. The molecule has 1 aliphatic heterocycles. The molecule has 2 rings (SSSR count). The molecule has 1 unspecified atom stereocenters. The summed E-state index contributed by atoms with van der Waals surface area (Å²) in [6, 6.07) is 6.69. The normalized spacial score (nSPS) is 20.6. The summed E-state index contributed by atoms with van der Waals surface area (Å²) in [5.74, 6) is 0. The van der Waals surface area contributed by atoms with E-state index in [1.165, 1.54) is 11.1 Å². The summed E-state index contributed by atoms with van der Waals surface area (Å²) in [7, 11) is 1.98. The van der Waals surface area contributed by atoms with E-state index >= 15 is 0 Å². The smallest absolute Gasteiger partial charge is 0.0408 e. The molecule has 0 aromatic heterocycles. The zero-order valence-corrected chi connectivity index (χ0v) is 9.06. The van der Waals surface area contributed by atoms with E-state index in [0.29, 0.717) is 6.04 Å². The van der Waals surface area contributed by atoms with Crippen LogP contribution in [0.1, 0.15) is 11.1 Å². The van der Waals surface area contributed by atoms with E-state index in [1.807, 2.05) is 13.1 Å². The van der Waals surface area contributed by atoms with Gasteiger partial charge in [0.05, 0.1) is 0 Å². The Bertz CT molecular complexity index is 325. The molecule has 1 aliphatic rings. The molecule has 14 heavy (non-hydrogen) atoms. The van der Waals surface area contributed by atoms with Gasteiger partial charge in [-0.2, -0.15) is 0 Å². The molecule has 0 spiro atoms. The van der Waals surface area contributed by atoms with Crippen LogP contribution in [0.5, 0.6) is 0 Å². The van der Waals surface area contributed by atoms with Crippen molar-refractivity contribution < 1.29 is 0 Å². The average Bonchev–Trinajstić information content (AvgIpc) is 2.17. The predicted molar refractivity (Wildman–Crippen MR) is 59.7 cm³/mol. The van der Waals surface area contributed by atoms with Crippen LogP contribution in [-0.2, 0) is 13.0 Å². The molecule has 1 aromatic rings. The third-order valence-electron chi connectivity index (χ3n) is 2.67. The van der Waals surface area contributed by atoms with Crippen LogP contribution in [0.25, 0.3) is 0 Å². The molecule has 1 atom stereocenters. The van der Waals surface area contributed by atoms with Gasteiger partial charge in [-0.15, -0.1) is 0 Å². The minimum Gasteiger partial charge on any atom is -0.318 e. The highest BCUT2D eigenvalue weighted by atomic mass is 35.5. The summed E-state index contributed by atoms with van der Waals surface area (Å²) in [6.07, 6.45) is 1.07. The Kier molecular flexibility index (Phi) is 3.06. The highest BCUT2D eigenvalue weighted by Crippen LogP contribution is 2.20. The van der Waals surface area contributed by atoms with Crippen molar-refractivity contribution in [1.29, 1.82) is 0 Å². The second-order valence-corrected chi connectivity index (χ2v) is 4.19. The first-order valence-corrected chi connectivity index (χ1v) is 5.32. The number of rotatable bonds is 2. The first-order valence-electron chi connectivity index (χ1n) is 4.95. The van der Waals surface area contributed by atoms with Crippen LogP contribution in [-0.4, -0.2) is 19.6 Å². The lowest BCUT2D eigenvalue weighted by Crippen LogP contribution is -2.42. The molecule has 1 heterocycles. The number of fused-ring (bicyclic) bond motifs is 1. The Balaban J connectivity index is 2.16. The summed E-state index contributed by atoms with van der Waals surface area (Å²) in [6.45, 7) is 1.96. The first-order chi connectivity index (χ1) is 6.79. The summed E-state index contributed by atoms with van der Waals surface area (Å²) >= 11 is 5.97. The quantitative estimate of drug-likeness (QED) is 0.775. The molecule has 76 valence electrons. The van der Waals surface area contributed by atoms with Crippen molar-refractivity contribution in [2.45, 2.75) is 19.0 Å². The molecule has 0 amide bonds. The number of halogens is 1. The second kappa shape index (κ2) is 4.30. The van der Waals surface area contributed by atoms with Crippen LogP contribution in [0.4, 0.5) is 0 Å². The summed E-state index contributed by atoms with van der Waals surface area (Å²) < 4.78 is 0. The zero-order chi connectivity index (χ0) is 9.97. The third kappa shape index (κ3) is 2.08. The second-order valence-electron chi connectivity index (χ2n) is 3.75. The monoisotopic (exact) mass is 210 g/mol. The Morgan fingerprint density at radius 2 is 2.36 bits per heavy atom. The number of likely N-dealkylation sites (N-methyl/N-ethyl adjacent to an activating group) is 1. The number of benzene rings is 1. The highest BCUT2D eigenvalue weighted by molar-refractivity contribution is 6.30. The van der Waals surface area contributed by atoms with E-state index in [0.717, 1.165) is 24.5 Å². The highest BCUT2D eigenvalue weighted by Gasteiger charge is 2.16. The maximum atomic E-state index is 5.97. The van der Waals surface area contributed by atoms with Gasteiger partial charge in [-0.3, -0.25) is 0 Å². The lowest BCUT2D eigenvalue weighted by Gasteiger charge is -2.26. The Morgan fingerprint density at radius 3 is 3.14 bits per heavy atom. The van der Waals surface area contributed by atoms with Crippen molar-refractivity contribution >= 4 is 11.6 Å². The number of hydrogen-bond acceptors (Lipinski definition) is 2. The zero-order valence-electron chi connectivity index (χ0n) is 8.31. The van der Waals surface area contributed by atoms with Crippen LogP contribution >= 0.6 is 11.6 Å². The van der Waals surface area contributed by atoms with Crippen molar-refractivity contribution in [3.63, 3.8) is 0 Å². The van der Waals surface area contributed by atoms with Gasteiger partial charge in [0.2, 0.25) is 0 Å². The van der Waals surface area contributed by atoms with E-state index in [4.69, 9.17) is 11.6 Å². The standard InChI is InChI=1S/C11H15ClN2/c1-13-7-11-5-9-4-10(12)3-2-8(9)6-14-11/h2-4,11,13-14H,5-7H2,1H3. The third-order valence-corrected chi connectivity index (χ3v) is 2.90. The predicted octanol–water partition coefficient (Wildman–Crippen LogP) is 1.57. The minimum absolute atomic E-state index is 0.533. The molecule has 0 saturated carbocycles. The van der Waals surface area contributed by atoms with Crippen LogP contribution < -0.4 is 10.6 Å². The summed E-state index contributed by atoms with van der Waals surface area (Å²) in [5, 5.41) is 7.52. The SMILES string of the molecule is CNCC1Cc2cc(Cl)ccc2CN1. The van der Waals surface area contributed by atoms with E-state index in [1.54, 1.807) is 0 Å². The molecule has 0 radical (unpaired) electrons. The fraction of sp³-hybridized carbons (Fsp3) is 0.455. The van der Waals surface area contributed by atoms with Gasteiger partial charge in [-0.25, -0.2) is 0 Å². The first kappa shape index (κ1) is 9.97. The van der Waals surface area contributed by atoms with Gasteiger partial charge in [-0.05, 0) is 36.7 Å².